The number of halogens is 1. The van der Waals surface area contributed by atoms with Crippen molar-refractivity contribution in [1.82, 2.24) is 0 Å². The molecule has 0 spiro atoms. The van der Waals surface area contributed by atoms with Gasteiger partial charge in [-0.2, -0.15) is 0 Å². The van der Waals surface area contributed by atoms with Crippen molar-refractivity contribution < 1.29 is 14.1 Å². The van der Waals surface area contributed by atoms with Gasteiger partial charge in [0, 0.05) is 23.4 Å². The van der Waals surface area contributed by atoms with Crippen LogP contribution in [-0.2, 0) is 0 Å². The summed E-state index contributed by atoms with van der Waals surface area (Å²) in [4.78, 5) is 22.2. The molecular formula is C14H12FN3O3. The van der Waals surface area contributed by atoms with Gasteiger partial charge in [-0.25, -0.2) is 4.39 Å². The Balaban J connectivity index is 2.28. The average Bonchev–Trinajstić information content (AvgIpc) is 2.42. The van der Waals surface area contributed by atoms with Crippen molar-refractivity contribution in [3.8, 4) is 0 Å². The van der Waals surface area contributed by atoms with Crippen LogP contribution in [0.2, 0.25) is 0 Å². The molecule has 0 radical (unpaired) electrons. The van der Waals surface area contributed by atoms with E-state index in [0.717, 1.165) is 6.07 Å². The lowest BCUT2D eigenvalue weighted by atomic mass is 10.1. The summed E-state index contributed by atoms with van der Waals surface area (Å²) in [5, 5.41) is 13.0. The Labute approximate surface area is 119 Å². The zero-order chi connectivity index (χ0) is 15.6. The number of nitrogen functional groups attached to an aromatic ring is 1. The molecule has 1 amide bonds. The smallest absolute Gasteiger partial charge is 0.269 e. The van der Waals surface area contributed by atoms with Gasteiger partial charge in [-0.05, 0) is 36.8 Å². The number of amides is 1. The molecule has 0 aliphatic heterocycles. The van der Waals surface area contributed by atoms with Crippen molar-refractivity contribution in [2.75, 3.05) is 11.1 Å². The standard InChI is InChI=1S/C14H12FN3O3/c1-8-6-10(18(20)21)3-4-11(8)14(19)17-13-7-9(16)2-5-12(13)15/h2-7H,16H2,1H3,(H,17,19). The molecule has 21 heavy (non-hydrogen) atoms. The van der Waals surface area contributed by atoms with Crippen LogP contribution in [0.5, 0.6) is 0 Å². The number of hydrogen-bond donors (Lipinski definition) is 2. The fourth-order valence-corrected chi connectivity index (χ4v) is 1.84. The molecule has 2 aromatic rings. The number of nitro groups is 1. The first-order valence-corrected chi connectivity index (χ1v) is 6.00. The minimum atomic E-state index is -0.614. The van der Waals surface area contributed by atoms with Crippen molar-refractivity contribution in [3.63, 3.8) is 0 Å². The van der Waals surface area contributed by atoms with E-state index < -0.39 is 16.6 Å². The number of rotatable bonds is 3. The van der Waals surface area contributed by atoms with Crippen molar-refractivity contribution in [1.29, 1.82) is 0 Å². The van der Waals surface area contributed by atoms with Crippen molar-refractivity contribution in [2.45, 2.75) is 6.92 Å². The maximum atomic E-state index is 13.6. The van der Waals surface area contributed by atoms with E-state index in [2.05, 4.69) is 5.32 Å². The van der Waals surface area contributed by atoms with Crippen LogP contribution in [0.4, 0.5) is 21.5 Å². The predicted molar refractivity (Wildman–Crippen MR) is 76.6 cm³/mol. The minimum Gasteiger partial charge on any atom is -0.399 e. The molecule has 0 saturated heterocycles. The van der Waals surface area contributed by atoms with Gasteiger partial charge in [-0.3, -0.25) is 14.9 Å². The summed E-state index contributed by atoms with van der Waals surface area (Å²) >= 11 is 0. The Hall–Kier alpha value is -2.96. The fraction of sp³-hybridized carbons (Fsp3) is 0.0714. The Bertz CT molecular complexity index is 731. The first-order valence-electron chi connectivity index (χ1n) is 6.00. The number of nitrogens with one attached hydrogen (secondary N) is 1. The second kappa shape index (κ2) is 5.58. The highest BCUT2D eigenvalue weighted by molar-refractivity contribution is 6.05. The molecule has 0 saturated carbocycles. The quantitative estimate of drug-likeness (QED) is 0.515. The van der Waals surface area contributed by atoms with Gasteiger partial charge in [0.2, 0.25) is 0 Å². The van der Waals surface area contributed by atoms with Gasteiger partial charge in [0.05, 0.1) is 10.6 Å². The summed E-state index contributed by atoms with van der Waals surface area (Å²) in [6.07, 6.45) is 0. The molecule has 0 atom stereocenters. The van der Waals surface area contributed by atoms with Gasteiger partial charge < -0.3 is 11.1 Å². The number of benzene rings is 2. The maximum absolute atomic E-state index is 13.6. The van der Waals surface area contributed by atoms with Crippen LogP contribution < -0.4 is 11.1 Å². The predicted octanol–water partition coefficient (Wildman–Crippen LogP) is 2.88. The molecule has 0 fully saturated rings. The van der Waals surface area contributed by atoms with Crippen molar-refractivity contribution in [2.24, 2.45) is 0 Å². The molecule has 7 heteroatoms. The summed E-state index contributed by atoms with van der Waals surface area (Å²) in [6, 6.07) is 7.65. The number of non-ortho nitro benzene ring substituents is 1. The van der Waals surface area contributed by atoms with Gasteiger partial charge in [0.1, 0.15) is 5.82 Å². The summed E-state index contributed by atoms with van der Waals surface area (Å²) < 4.78 is 13.6. The van der Waals surface area contributed by atoms with Gasteiger partial charge >= 0.3 is 0 Å². The first-order chi connectivity index (χ1) is 9.88. The van der Waals surface area contributed by atoms with Crippen LogP contribution in [0.15, 0.2) is 36.4 Å². The van der Waals surface area contributed by atoms with Crippen molar-refractivity contribution in [3.05, 3.63) is 63.5 Å². The third-order valence-corrected chi connectivity index (χ3v) is 2.90. The lowest BCUT2D eigenvalue weighted by Crippen LogP contribution is -2.14. The number of nitrogens with zero attached hydrogens (tertiary/aromatic N) is 1. The zero-order valence-corrected chi connectivity index (χ0v) is 11.1. The van der Waals surface area contributed by atoms with E-state index in [4.69, 9.17) is 5.73 Å². The summed E-state index contributed by atoms with van der Waals surface area (Å²) in [6.45, 7) is 1.57. The highest BCUT2D eigenvalue weighted by atomic mass is 19.1. The van der Waals surface area contributed by atoms with Crippen LogP contribution in [0, 0.1) is 22.9 Å². The van der Waals surface area contributed by atoms with Gasteiger partial charge in [-0.15, -0.1) is 0 Å². The number of nitrogens with two attached hydrogens (primary N) is 1. The molecule has 0 bridgehead atoms. The Morgan fingerprint density at radius 1 is 1.29 bits per heavy atom. The van der Waals surface area contributed by atoms with E-state index >= 15 is 0 Å². The molecule has 108 valence electrons. The number of anilines is 2. The van der Waals surface area contributed by atoms with Crippen LogP contribution in [-0.4, -0.2) is 10.8 Å². The van der Waals surface area contributed by atoms with Crippen LogP contribution in [0.3, 0.4) is 0 Å². The lowest BCUT2D eigenvalue weighted by molar-refractivity contribution is -0.384. The average molecular weight is 289 g/mol. The first kappa shape index (κ1) is 14.4. The second-order valence-corrected chi connectivity index (χ2v) is 4.45. The molecule has 0 unspecified atom stereocenters. The molecule has 2 rings (SSSR count). The maximum Gasteiger partial charge on any atom is 0.269 e. The molecule has 0 aliphatic carbocycles. The zero-order valence-electron chi connectivity index (χ0n) is 11.1. The lowest BCUT2D eigenvalue weighted by Gasteiger charge is -2.09. The van der Waals surface area contributed by atoms with E-state index in [0.29, 0.717) is 11.3 Å². The Kier molecular flexibility index (Phi) is 3.84. The van der Waals surface area contributed by atoms with E-state index in [9.17, 15) is 19.3 Å². The van der Waals surface area contributed by atoms with Crippen LogP contribution >= 0.6 is 0 Å². The summed E-state index contributed by atoms with van der Waals surface area (Å²) in [7, 11) is 0. The van der Waals surface area contributed by atoms with E-state index in [-0.39, 0.29) is 16.9 Å². The number of nitro benzene ring substituents is 1. The largest absolute Gasteiger partial charge is 0.399 e. The minimum absolute atomic E-state index is 0.0437. The topological polar surface area (TPSA) is 98.3 Å². The van der Waals surface area contributed by atoms with Gasteiger partial charge in [0.15, 0.2) is 0 Å². The van der Waals surface area contributed by atoms with Crippen molar-refractivity contribution >= 4 is 23.0 Å². The highest BCUT2D eigenvalue weighted by Crippen LogP contribution is 2.21. The molecule has 2 aromatic carbocycles. The SMILES string of the molecule is Cc1cc([N+](=O)[O-])ccc1C(=O)Nc1cc(N)ccc1F. The fourth-order valence-electron chi connectivity index (χ4n) is 1.84. The van der Waals surface area contributed by atoms with E-state index in [1.54, 1.807) is 6.92 Å². The van der Waals surface area contributed by atoms with E-state index in [1.807, 2.05) is 0 Å². The molecule has 0 aromatic heterocycles. The summed E-state index contributed by atoms with van der Waals surface area (Å²) in [5.41, 5.74) is 6.34. The third kappa shape index (κ3) is 3.14. The molecular weight excluding hydrogens is 277 g/mol. The van der Waals surface area contributed by atoms with Crippen LogP contribution in [0.25, 0.3) is 0 Å². The van der Waals surface area contributed by atoms with Gasteiger partial charge in [-0.1, -0.05) is 0 Å². The molecule has 3 N–H and O–H groups in total. The normalized spacial score (nSPS) is 10.2. The molecule has 6 nitrogen and oxygen atoms in total. The monoisotopic (exact) mass is 289 g/mol. The Morgan fingerprint density at radius 2 is 2.00 bits per heavy atom. The van der Waals surface area contributed by atoms with Crippen LogP contribution in [0.1, 0.15) is 15.9 Å². The number of hydrogen-bond acceptors (Lipinski definition) is 4. The van der Waals surface area contributed by atoms with Gasteiger partial charge in [0.25, 0.3) is 11.6 Å². The van der Waals surface area contributed by atoms with E-state index in [1.165, 1.54) is 30.3 Å². The second-order valence-electron chi connectivity index (χ2n) is 4.45. The number of carbonyl (C=O) groups is 1. The molecule has 0 heterocycles. The highest BCUT2D eigenvalue weighted by Gasteiger charge is 2.15. The Morgan fingerprint density at radius 3 is 2.62 bits per heavy atom. The third-order valence-electron chi connectivity index (χ3n) is 2.90. The summed E-state index contributed by atoms with van der Waals surface area (Å²) in [5.74, 6) is -1.18. The number of aryl methyl sites for hydroxylation is 1. The number of carbonyl (C=O) groups excluding carboxylic acids is 1. The molecule has 0 aliphatic rings.